The Balaban J connectivity index is 0.00000180. The van der Waals surface area contributed by atoms with Crippen molar-refractivity contribution in [3.63, 3.8) is 0 Å². The average Bonchev–Trinajstić information content (AvgIpc) is 3.36. The highest BCUT2D eigenvalue weighted by molar-refractivity contribution is 14.0. The van der Waals surface area contributed by atoms with Crippen molar-refractivity contribution in [1.82, 2.24) is 10.6 Å². The van der Waals surface area contributed by atoms with Crippen molar-refractivity contribution in [2.75, 3.05) is 19.8 Å². The Morgan fingerprint density at radius 3 is 2.22 bits per heavy atom. The molecule has 5 aliphatic rings. The molecule has 2 aliphatic heterocycles. The minimum Gasteiger partial charge on any atom is -0.377 e. The molecule has 2 N–H and O–H groups in total. The predicted octanol–water partition coefficient (Wildman–Crippen LogP) is 3.32. The molecule has 1 spiro atoms. The molecule has 0 bridgehead atoms. The maximum absolute atomic E-state index is 6.15. The molecule has 0 aromatic carbocycles. The quantitative estimate of drug-likeness (QED) is 0.363. The lowest BCUT2D eigenvalue weighted by molar-refractivity contribution is -0.126. The summed E-state index contributed by atoms with van der Waals surface area (Å²) >= 11 is 0. The number of aliphatic imine (C=N–C) groups is 1. The van der Waals surface area contributed by atoms with Crippen LogP contribution < -0.4 is 10.6 Å². The largest absolute Gasteiger partial charge is 0.377 e. The Labute approximate surface area is 180 Å². The zero-order valence-electron chi connectivity index (χ0n) is 17.0. The van der Waals surface area contributed by atoms with Crippen LogP contribution in [0.5, 0.6) is 0 Å². The molecule has 5 nitrogen and oxygen atoms in total. The number of hydrogen-bond donors (Lipinski definition) is 2. The molecule has 5 fully saturated rings. The first-order chi connectivity index (χ1) is 12.6. The lowest BCUT2D eigenvalue weighted by Crippen LogP contribution is -2.72. The van der Waals surface area contributed by atoms with Crippen molar-refractivity contribution in [2.24, 2.45) is 27.7 Å². The second kappa shape index (κ2) is 7.31. The number of guanidine groups is 1. The summed E-state index contributed by atoms with van der Waals surface area (Å²) in [4.78, 5) is 4.83. The molecular weight excluding hydrogens is 453 g/mol. The standard InChI is InChI=1S/C21H35N3O2.HI/c1-4-22-19(23-15-13-7-11-25-17(13)20(15,2)3)24-16-14-8-12-26-18(14)21(16)9-5-6-10-21;/h13-18H,4-12H2,1-3H3,(H2,22,23,24);1H. The molecule has 3 aliphatic carbocycles. The second-order valence-corrected chi connectivity index (χ2v) is 9.82. The summed E-state index contributed by atoms with van der Waals surface area (Å²) in [7, 11) is 0. The lowest BCUT2D eigenvalue weighted by Gasteiger charge is -2.58. The summed E-state index contributed by atoms with van der Waals surface area (Å²) in [6, 6.07) is 0.997. The van der Waals surface area contributed by atoms with Crippen LogP contribution in [0.4, 0.5) is 0 Å². The van der Waals surface area contributed by atoms with Crippen molar-refractivity contribution in [3.8, 4) is 0 Å². The summed E-state index contributed by atoms with van der Waals surface area (Å²) < 4.78 is 12.1. The van der Waals surface area contributed by atoms with E-state index in [1.807, 2.05) is 0 Å². The van der Waals surface area contributed by atoms with E-state index in [9.17, 15) is 0 Å². The van der Waals surface area contributed by atoms with Gasteiger partial charge in [0.15, 0.2) is 5.96 Å². The molecule has 0 radical (unpaired) electrons. The van der Waals surface area contributed by atoms with Gasteiger partial charge in [-0.3, -0.25) is 4.99 Å². The van der Waals surface area contributed by atoms with Crippen molar-refractivity contribution >= 4 is 29.9 Å². The molecule has 0 aromatic heterocycles. The molecule has 27 heavy (non-hydrogen) atoms. The van der Waals surface area contributed by atoms with Gasteiger partial charge in [-0.1, -0.05) is 26.7 Å². The molecule has 154 valence electrons. The van der Waals surface area contributed by atoms with Gasteiger partial charge in [0.1, 0.15) is 0 Å². The molecular formula is C21H36IN3O2. The molecule has 3 saturated carbocycles. The Morgan fingerprint density at radius 2 is 1.56 bits per heavy atom. The average molecular weight is 489 g/mol. The number of hydrogen-bond acceptors (Lipinski definition) is 3. The maximum Gasteiger partial charge on any atom is 0.191 e. The number of halogens is 1. The highest BCUT2D eigenvalue weighted by Gasteiger charge is 2.65. The van der Waals surface area contributed by atoms with Crippen LogP contribution in [0.2, 0.25) is 0 Å². The summed E-state index contributed by atoms with van der Waals surface area (Å²) in [5.41, 5.74) is 0.548. The molecule has 2 saturated heterocycles. The fourth-order valence-corrected chi connectivity index (χ4v) is 7.11. The van der Waals surface area contributed by atoms with E-state index in [0.717, 1.165) is 25.7 Å². The zero-order valence-corrected chi connectivity index (χ0v) is 19.3. The Morgan fingerprint density at radius 1 is 0.963 bits per heavy atom. The van der Waals surface area contributed by atoms with Crippen molar-refractivity contribution in [3.05, 3.63) is 0 Å². The van der Waals surface area contributed by atoms with Crippen LogP contribution in [-0.2, 0) is 9.47 Å². The third-order valence-electron chi connectivity index (χ3n) is 8.29. The van der Waals surface area contributed by atoms with E-state index in [4.69, 9.17) is 14.5 Å². The first-order valence-electron chi connectivity index (χ1n) is 10.9. The van der Waals surface area contributed by atoms with Gasteiger partial charge in [-0.15, -0.1) is 24.0 Å². The van der Waals surface area contributed by atoms with Gasteiger partial charge in [0.25, 0.3) is 0 Å². The summed E-state index contributed by atoms with van der Waals surface area (Å²) in [6.45, 7) is 9.48. The fourth-order valence-electron chi connectivity index (χ4n) is 7.11. The third kappa shape index (κ3) is 2.87. The van der Waals surface area contributed by atoms with Crippen molar-refractivity contribution in [2.45, 2.75) is 83.6 Å². The predicted molar refractivity (Wildman–Crippen MR) is 118 cm³/mol. The van der Waals surface area contributed by atoms with Gasteiger partial charge in [-0.2, -0.15) is 0 Å². The molecule has 2 heterocycles. The Hall–Kier alpha value is -0.0800. The van der Waals surface area contributed by atoms with Crippen LogP contribution in [0.1, 0.15) is 59.3 Å². The van der Waals surface area contributed by atoms with Gasteiger partial charge in [-0.25, -0.2) is 0 Å². The van der Waals surface area contributed by atoms with Crippen LogP contribution in [0.15, 0.2) is 4.99 Å². The van der Waals surface area contributed by atoms with Gasteiger partial charge in [0.05, 0.1) is 12.2 Å². The Kier molecular flexibility index (Phi) is 5.47. The van der Waals surface area contributed by atoms with E-state index in [1.54, 1.807) is 0 Å². The van der Waals surface area contributed by atoms with Gasteiger partial charge in [-0.05, 0) is 32.6 Å². The van der Waals surface area contributed by atoms with Gasteiger partial charge in [0.2, 0.25) is 0 Å². The van der Waals surface area contributed by atoms with E-state index in [0.29, 0.717) is 41.5 Å². The normalized spacial score (nSPS) is 43.3. The molecule has 6 heteroatoms. The van der Waals surface area contributed by atoms with Crippen molar-refractivity contribution < 1.29 is 9.47 Å². The minimum atomic E-state index is 0. The number of ether oxygens (including phenoxy) is 2. The molecule has 0 amide bonds. The van der Waals surface area contributed by atoms with Gasteiger partial charge < -0.3 is 20.1 Å². The van der Waals surface area contributed by atoms with Crippen LogP contribution in [0, 0.1) is 22.7 Å². The molecule has 0 aromatic rings. The van der Waals surface area contributed by atoms with E-state index in [2.05, 4.69) is 31.4 Å². The Bertz CT molecular complexity index is 590. The van der Waals surface area contributed by atoms with Crippen LogP contribution in [0.25, 0.3) is 0 Å². The van der Waals surface area contributed by atoms with E-state index in [1.165, 1.54) is 38.5 Å². The monoisotopic (exact) mass is 489 g/mol. The van der Waals surface area contributed by atoms with Gasteiger partial charge >= 0.3 is 0 Å². The van der Waals surface area contributed by atoms with Crippen LogP contribution in [-0.4, -0.2) is 50.0 Å². The number of nitrogens with zero attached hydrogens (tertiary/aromatic N) is 1. The molecule has 5 rings (SSSR count). The lowest BCUT2D eigenvalue weighted by atomic mass is 9.54. The summed E-state index contributed by atoms with van der Waals surface area (Å²) in [5, 5.41) is 7.71. The highest BCUT2D eigenvalue weighted by Crippen LogP contribution is 2.60. The second-order valence-electron chi connectivity index (χ2n) is 9.82. The SMILES string of the molecule is CCN=C(NC1C2CCOC2C1(C)C)NC1C2CCOC2C12CCCC2.I. The number of fused-ring (bicyclic) bond motifs is 3. The van der Waals surface area contributed by atoms with Crippen LogP contribution >= 0.6 is 24.0 Å². The highest BCUT2D eigenvalue weighted by atomic mass is 127. The summed E-state index contributed by atoms with van der Waals surface area (Å²) in [5.74, 6) is 2.34. The smallest absolute Gasteiger partial charge is 0.191 e. The van der Waals surface area contributed by atoms with E-state index in [-0.39, 0.29) is 29.4 Å². The first kappa shape index (κ1) is 20.2. The topological polar surface area (TPSA) is 54.9 Å². The maximum atomic E-state index is 6.15. The van der Waals surface area contributed by atoms with E-state index >= 15 is 0 Å². The number of rotatable bonds is 3. The molecule has 6 atom stereocenters. The summed E-state index contributed by atoms with van der Waals surface area (Å²) in [6.07, 6.45) is 8.65. The fraction of sp³-hybridized carbons (Fsp3) is 0.952. The van der Waals surface area contributed by atoms with E-state index < -0.39 is 0 Å². The number of nitrogens with one attached hydrogen (secondary N) is 2. The van der Waals surface area contributed by atoms with Gasteiger partial charge in [0, 0.05) is 54.5 Å². The van der Waals surface area contributed by atoms with Crippen molar-refractivity contribution in [1.29, 1.82) is 0 Å². The minimum absolute atomic E-state index is 0. The molecule has 6 unspecified atom stereocenters. The zero-order chi connectivity index (χ0) is 17.9. The third-order valence-corrected chi connectivity index (χ3v) is 8.29. The first-order valence-corrected chi connectivity index (χ1v) is 10.9. The van der Waals surface area contributed by atoms with Crippen LogP contribution in [0.3, 0.4) is 0 Å².